The molecule has 1 aromatic carbocycles. The summed E-state index contributed by atoms with van der Waals surface area (Å²) in [6.07, 6.45) is 5.81. The Balaban J connectivity index is 1.42. The van der Waals surface area contributed by atoms with E-state index < -0.39 is 28.2 Å². The maximum atomic E-state index is 13.7. The molecule has 2 bridgehead atoms. The molecular formula is C25H36N4O6S. The van der Waals surface area contributed by atoms with Gasteiger partial charge in [-0.15, -0.1) is 0 Å². The first-order valence-corrected chi connectivity index (χ1v) is 14.8. The Morgan fingerprint density at radius 1 is 1.06 bits per heavy atom. The molecule has 0 aromatic heterocycles. The lowest BCUT2D eigenvalue weighted by Gasteiger charge is -2.46. The molecule has 1 saturated carbocycles. The molecule has 2 N–H and O–H groups in total. The lowest BCUT2D eigenvalue weighted by Crippen LogP contribution is -2.63. The molecule has 10 nitrogen and oxygen atoms in total. The number of piperazine rings is 1. The molecule has 11 heteroatoms. The van der Waals surface area contributed by atoms with Gasteiger partial charge >= 0.3 is 0 Å². The van der Waals surface area contributed by atoms with E-state index in [1.807, 2.05) is 12.1 Å². The van der Waals surface area contributed by atoms with Crippen LogP contribution in [0, 0.1) is 0 Å². The molecule has 3 aliphatic heterocycles. The van der Waals surface area contributed by atoms with Crippen LogP contribution in [0.1, 0.15) is 48.9 Å². The number of carbonyl (C=O) groups is 2. The minimum absolute atomic E-state index is 0.129. The number of para-hydroxylation sites is 1. The van der Waals surface area contributed by atoms with E-state index in [4.69, 9.17) is 9.47 Å². The fourth-order valence-corrected chi connectivity index (χ4v) is 6.49. The van der Waals surface area contributed by atoms with Crippen molar-refractivity contribution in [1.82, 2.24) is 19.8 Å². The highest BCUT2D eigenvalue weighted by Crippen LogP contribution is 2.29. The van der Waals surface area contributed by atoms with E-state index in [0.717, 1.165) is 25.6 Å². The first-order chi connectivity index (χ1) is 17.3. The van der Waals surface area contributed by atoms with Crippen molar-refractivity contribution < 1.29 is 27.5 Å². The largest absolute Gasteiger partial charge is 0.493 e. The summed E-state index contributed by atoms with van der Waals surface area (Å²) < 4.78 is 38.8. The first kappa shape index (κ1) is 25.4. The molecule has 198 valence electrons. The smallest absolute Gasteiger partial charge is 0.258 e. The van der Waals surface area contributed by atoms with Gasteiger partial charge in [-0.05, 0) is 37.8 Å². The predicted octanol–water partition coefficient (Wildman–Crippen LogP) is 0.730. The molecule has 0 unspecified atom stereocenters. The van der Waals surface area contributed by atoms with Crippen LogP contribution in [0.15, 0.2) is 24.3 Å². The number of rotatable bonds is 3. The van der Waals surface area contributed by atoms with E-state index in [2.05, 4.69) is 14.9 Å². The maximum Gasteiger partial charge on any atom is 0.258 e. The summed E-state index contributed by atoms with van der Waals surface area (Å²) in [7, 11) is -3.43. The molecule has 0 radical (unpaired) electrons. The van der Waals surface area contributed by atoms with Crippen molar-refractivity contribution in [2.24, 2.45) is 0 Å². The molecule has 2 saturated heterocycles. The Kier molecular flexibility index (Phi) is 7.52. The predicted molar refractivity (Wildman–Crippen MR) is 133 cm³/mol. The van der Waals surface area contributed by atoms with Crippen molar-refractivity contribution in [3.05, 3.63) is 29.8 Å². The lowest BCUT2D eigenvalue weighted by molar-refractivity contribution is -0.130. The van der Waals surface area contributed by atoms with Crippen molar-refractivity contribution in [3.8, 4) is 5.75 Å². The lowest BCUT2D eigenvalue weighted by atomic mass is 9.90. The van der Waals surface area contributed by atoms with Gasteiger partial charge < -0.3 is 19.7 Å². The minimum atomic E-state index is -3.43. The SMILES string of the molecule is CS(=O)(=O)N[C@@H]1CC[C@H]2CCOc3ccccc3C(=O)N3CCN(C4CCC4)C[C@H]3C(=O)NC[C@H]1O2. The summed E-state index contributed by atoms with van der Waals surface area (Å²) in [5, 5.41) is 3.00. The van der Waals surface area contributed by atoms with Gasteiger partial charge in [-0.25, -0.2) is 13.1 Å². The number of nitrogens with zero attached hydrogens (tertiary/aromatic N) is 2. The molecule has 2 amide bonds. The highest BCUT2D eigenvalue weighted by Gasteiger charge is 2.41. The van der Waals surface area contributed by atoms with E-state index in [1.54, 1.807) is 17.0 Å². The molecule has 5 rings (SSSR count). The van der Waals surface area contributed by atoms with Crippen LogP contribution >= 0.6 is 0 Å². The van der Waals surface area contributed by atoms with E-state index in [9.17, 15) is 18.0 Å². The zero-order valence-electron chi connectivity index (χ0n) is 20.7. The third kappa shape index (κ3) is 5.69. The summed E-state index contributed by atoms with van der Waals surface area (Å²) in [5.41, 5.74) is 0.462. The number of hydrogen-bond acceptors (Lipinski definition) is 7. The van der Waals surface area contributed by atoms with Gasteiger partial charge in [0.2, 0.25) is 15.9 Å². The van der Waals surface area contributed by atoms with Crippen molar-refractivity contribution in [2.45, 2.75) is 68.9 Å². The van der Waals surface area contributed by atoms with Crippen molar-refractivity contribution in [2.75, 3.05) is 39.0 Å². The van der Waals surface area contributed by atoms with Crippen LogP contribution in [0.4, 0.5) is 0 Å². The van der Waals surface area contributed by atoms with Crippen LogP contribution in [0.5, 0.6) is 5.75 Å². The summed E-state index contributed by atoms with van der Waals surface area (Å²) in [5.74, 6) is 0.0555. The Morgan fingerprint density at radius 2 is 1.86 bits per heavy atom. The van der Waals surface area contributed by atoms with Crippen molar-refractivity contribution >= 4 is 21.8 Å². The number of fused-ring (bicyclic) bond motifs is 4. The van der Waals surface area contributed by atoms with Crippen LogP contribution in [-0.2, 0) is 19.6 Å². The number of nitrogens with one attached hydrogen (secondary N) is 2. The van der Waals surface area contributed by atoms with E-state index in [0.29, 0.717) is 56.3 Å². The van der Waals surface area contributed by atoms with E-state index in [-0.39, 0.29) is 24.5 Å². The topological polar surface area (TPSA) is 117 Å². The van der Waals surface area contributed by atoms with Gasteiger partial charge in [0.05, 0.1) is 30.6 Å². The third-order valence-electron chi connectivity index (χ3n) is 7.84. The number of carbonyl (C=O) groups excluding carboxylic acids is 2. The Morgan fingerprint density at radius 3 is 2.61 bits per heavy atom. The standard InChI is InChI=1S/C25H36N4O6S/c1-36(32,33)27-20-10-9-18-11-14-34-22-8-3-2-7-19(22)25(31)29-13-12-28(17-5-4-6-17)16-21(29)24(30)26-15-23(20)35-18/h2-3,7-8,17-18,20-21,23,27H,4-6,9-16H2,1H3,(H,26,30)/t18-,20+,21-,23+/m0/s1. The number of hydrogen-bond donors (Lipinski definition) is 2. The first-order valence-electron chi connectivity index (χ1n) is 13.0. The quantitative estimate of drug-likeness (QED) is 0.603. The molecule has 1 aromatic rings. The number of sulfonamides is 1. The molecular weight excluding hydrogens is 484 g/mol. The second-order valence-corrected chi connectivity index (χ2v) is 12.1. The fourth-order valence-electron chi connectivity index (χ4n) is 5.67. The average Bonchev–Trinajstić information content (AvgIpc) is 2.81. The summed E-state index contributed by atoms with van der Waals surface area (Å²) in [4.78, 5) is 31.2. The summed E-state index contributed by atoms with van der Waals surface area (Å²) >= 11 is 0. The normalized spacial score (nSPS) is 30.8. The maximum absolute atomic E-state index is 13.7. The highest BCUT2D eigenvalue weighted by atomic mass is 32.2. The van der Waals surface area contributed by atoms with Gasteiger partial charge in [0.25, 0.3) is 5.91 Å². The van der Waals surface area contributed by atoms with Gasteiger partial charge in [0.1, 0.15) is 11.8 Å². The highest BCUT2D eigenvalue weighted by molar-refractivity contribution is 7.88. The number of ether oxygens (including phenoxy) is 2. The molecule has 0 spiro atoms. The van der Waals surface area contributed by atoms with Crippen LogP contribution in [0.2, 0.25) is 0 Å². The Bertz CT molecular complexity index is 1080. The van der Waals surface area contributed by atoms with Gasteiger partial charge in [0, 0.05) is 44.7 Å². The Hall–Kier alpha value is -2.21. The molecule has 1 aliphatic carbocycles. The second kappa shape index (κ2) is 10.6. The Labute approximate surface area is 212 Å². The molecule has 3 heterocycles. The van der Waals surface area contributed by atoms with E-state index in [1.165, 1.54) is 6.42 Å². The number of benzene rings is 1. The fraction of sp³-hybridized carbons (Fsp3) is 0.680. The van der Waals surface area contributed by atoms with Crippen LogP contribution in [0.25, 0.3) is 0 Å². The van der Waals surface area contributed by atoms with Crippen molar-refractivity contribution in [3.63, 3.8) is 0 Å². The molecule has 3 fully saturated rings. The zero-order chi connectivity index (χ0) is 25.3. The van der Waals surface area contributed by atoms with Gasteiger partial charge in [-0.2, -0.15) is 0 Å². The summed E-state index contributed by atoms with van der Waals surface area (Å²) in [6, 6.07) is 6.57. The average molecular weight is 521 g/mol. The van der Waals surface area contributed by atoms with Crippen LogP contribution < -0.4 is 14.8 Å². The molecule has 4 aliphatic rings. The second-order valence-electron chi connectivity index (χ2n) is 10.3. The van der Waals surface area contributed by atoms with Gasteiger partial charge in [0.15, 0.2) is 0 Å². The van der Waals surface area contributed by atoms with Crippen molar-refractivity contribution in [1.29, 1.82) is 0 Å². The zero-order valence-corrected chi connectivity index (χ0v) is 21.5. The van der Waals surface area contributed by atoms with E-state index >= 15 is 0 Å². The monoisotopic (exact) mass is 520 g/mol. The van der Waals surface area contributed by atoms with Gasteiger partial charge in [-0.1, -0.05) is 18.6 Å². The summed E-state index contributed by atoms with van der Waals surface area (Å²) in [6.45, 7) is 2.21. The molecule has 36 heavy (non-hydrogen) atoms. The number of amides is 2. The van der Waals surface area contributed by atoms with Crippen LogP contribution in [-0.4, -0.2) is 99.4 Å². The van der Waals surface area contributed by atoms with Crippen LogP contribution in [0.3, 0.4) is 0 Å². The third-order valence-corrected chi connectivity index (χ3v) is 8.57. The van der Waals surface area contributed by atoms with Gasteiger partial charge in [-0.3, -0.25) is 14.5 Å². The minimum Gasteiger partial charge on any atom is -0.493 e. The molecule has 4 atom stereocenters.